The van der Waals surface area contributed by atoms with Crippen LogP contribution in [0.2, 0.25) is 0 Å². The van der Waals surface area contributed by atoms with E-state index in [2.05, 4.69) is 19.0 Å². The van der Waals surface area contributed by atoms with Crippen molar-refractivity contribution < 1.29 is 14.7 Å². The van der Waals surface area contributed by atoms with Gasteiger partial charge in [-0.25, -0.2) is 9.69 Å². The van der Waals surface area contributed by atoms with E-state index in [0.717, 1.165) is 36.5 Å². The predicted molar refractivity (Wildman–Crippen MR) is 83.6 cm³/mol. The van der Waals surface area contributed by atoms with E-state index in [1.165, 1.54) is 25.7 Å². The highest BCUT2D eigenvalue weighted by molar-refractivity contribution is 5.93. The molecule has 2 saturated carbocycles. The van der Waals surface area contributed by atoms with Crippen molar-refractivity contribution in [3.8, 4) is 0 Å². The van der Waals surface area contributed by atoms with Crippen molar-refractivity contribution in [2.45, 2.75) is 63.3 Å². The summed E-state index contributed by atoms with van der Waals surface area (Å²) in [6.07, 6.45) is 8.85. The monoisotopic (exact) mass is 308 g/mol. The van der Waals surface area contributed by atoms with Crippen molar-refractivity contribution in [2.24, 2.45) is 11.3 Å². The Labute approximate surface area is 132 Å². The molecule has 0 aromatic rings. The number of likely N-dealkylation sites (tertiary alicyclic amines) is 1. The molecule has 1 aliphatic heterocycles. The Morgan fingerprint density at radius 3 is 2.23 bits per heavy atom. The fourth-order valence-electron chi connectivity index (χ4n) is 5.30. The fraction of sp³-hybridized carbons (Fsp3) is 0.882. The molecule has 2 amide bonds. The van der Waals surface area contributed by atoms with Crippen LogP contribution in [0.5, 0.6) is 0 Å². The first-order valence-corrected chi connectivity index (χ1v) is 8.59. The third-order valence-electron chi connectivity index (χ3n) is 6.73. The van der Waals surface area contributed by atoms with Crippen molar-refractivity contribution in [3.05, 3.63) is 0 Å². The summed E-state index contributed by atoms with van der Waals surface area (Å²) in [4.78, 5) is 26.6. The van der Waals surface area contributed by atoms with E-state index in [9.17, 15) is 9.59 Å². The number of rotatable bonds is 2. The van der Waals surface area contributed by atoms with E-state index in [1.54, 1.807) is 0 Å². The first-order valence-electron chi connectivity index (χ1n) is 8.59. The second-order valence-corrected chi connectivity index (χ2v) is 7.92. The number of amides is 2. The average Bonchev–Trinajstić information content (AvgIpc) is 3.09. The van der Waals surface area contributed by atoms with Crippen LogP contribution in [0.4, 0.5) is 4.79 Å². The fourth-order valence-corrected chi connectivity index (χ4v) is 5.30. The van der Waals surface area contributed by atoms with Crippen LogP contribution in [-0.2, 0) is 4.79 Å². The summed E-state index contributed by atoms with van der Waals surface area (Å²) in [5.41, 5.74) is 0.176. The molecule has 1 spiro atoms. The molecule has 3 aliphatic rings. The Morgan fingerprint density at radius 1 is 1.18 bits per heavy atom. The van der Waals surface area contributed by atoms with E-state index in [-0.39, 0.29) is 16.9 Å². The highest BCUT2D eigenvalue weighted by Crippen LogP contribution is 2.53. The van der Waals surface area contributed by atoms with Gasteiger partial charge in [0.25, 0.3) is 0 Å². The lowest BCUT2D eigenvalue weighted by atomic mass is 9.62. The summed E-state index contributed by atoms with van der Waals surface area (Å²) in [6.45, 7) is 0.412. The van der Waals surface area contributed by atoms with Gasteiger partial charge in [-0.15, -0.1) is 0 Å². The molecule has 0 aromatic heterocycles. The van der Waals surface area contributed by atoms with Gasteiger partial charge in [-0.1, -0.05) is 12.8 Å². The lowest BCUT2D eigenvalue weighted by molar-refractivity contribution is -0.126. The minimum atomic E-state index is -1.08. The number of hydrogen-bond acceptors (Lipinski definition) is 3. The van der Waals surface area contributed by atoms with Crippen LogP contribution in [0, 0.1) is 11.3 Å². The molecule has 0 aromatic carbocycles. The summed E-state index contributed by atoms with van der Waals surface area (Å²) in [5, 5.41) is 9.16. The molecule has 1 N–H and O–H groups in total. The van der Waals surface area contributed by atoms with E-state index >= 15 is 0 Å². The molecule has 0 bridgehead atoms. The van der Waals surface area contributed by atoms with Gasteiger partial charge in [0.05, 0.1) is 0 Å². The topological polar surface area (TPSA) is 60.9 Å². The molecule has 1 saturated heterocycles. The summed E-state index contributed by atoms with van der Waals surface area (Å²) in [7, 11) is 4.39. The normalized spacial score (nSPS) is 36.7. The molecule has 1 heterocycles. The quantitative estimate of drug-likeness (QED) is 0.852. The number of hydrogen-bond donors (Lipinski definition) is 1. The second kappa shape index (κ2) is 5.52. The zero-order valence-corrected chi connectivity index (χ0v) is 13.8. The lowest BCUT2D eigenvalue weighted by Gasteiger charge is -2.51. The zero-order valence-electron chi connectivity index (χ0n) is 13.8. The highest BCUT2D eigenvalue weighted by atomic mass is 16.4. The van der Waals surface area contributed by atoms with Crippen LogP contribution in [0.15, 0.2) is 0 Å². The van der Waals surface area contributed by atoms with Crippen molar-refractivity contribution in [1.82, 2.24) is 9.80 Å². The molecule has 0 unspecified atom stereocenters. The minimum absolute atomic E-state index is 0.0897. The minimum Gasteiger partial charge on any atom is -0.465 e. The Morgan fingerprint density at radius 2 is 1.77 bits per heavy atom. The van der Waals surface area contributed by atoms with Crippen LogP contribution in [0.1, 0.15) is 57.8 Å². The SMILES string of the molecule is CN(C)C1(C2CCCC2)CCC2(CC1)CC(=O)N(C(=O)O)C2. The van der Waals surface area contributed by atoms with Crippen molar-refractivity contribution in [2.75, 3.05) is 20.6 Å². The van der Waals surface area contributed by atoms with Gasteiger partial charge in [0.1, 0.15) is 0 Å². The maximum absolute atomic E-state index is 12.0. The number of imide groups is 1. The second-order valence-electron chi connectivity index (χ2n) is 7.92. The Hall–Kier alpha value is -1.10. The predicted octanol–water partition coefficient (Wildman–Crippen LogP) is 2.95. The van der Waals surface area contributed by atoms with Crippen LogP contribution in [0.3, 0.4) is 0 Å². The molecule has 5 heteroatoms. The van der Waals surface area contributed by atoms with Gasteiger partial charge in [-0.2, -0.15) is 0 Å². The molecule has 5 nitrogen and oxygen atoms in total. The number of nitrogens with zero attached hydrogens (tertiary/aromatic N) is 2. The molecular formula is C17H28N2O3. The van der Waals surface area contributed by atoms with Crippen LogP contribution in [0.25, 0.3) is 0 Å². The number of carbonyl (C=O) groups excluding carboxylic acids is 1. The Bertz CT molecular complexity index is 461. The Balaban J connectivity index is 1.73. The third kappa shape index (κ3) is 2.43. The van der Waals surface area contributed by atoms with Gasteiger partial charge in [0.15, 0.2) is 0 Å². The number of carboxylic acid groups (broad SMARTS) is 1. The third-order valence-corrected chi connectivity index (χ3v) is 6.73. The Kier molecular flexibility index (Phi) is 3.96. The summed E-state index contributed by atoms with van der Waals surface area (Å²) in [6, 6.07) is 0. The van der Waals surface area contributed by atoms with Crippen molar-refractivity contribution >= 4 is 12.0 Å². The summed E-state index contributed by atoms with van der Waals surface area (Å²) >= 11 is 0. The first kappa shape index (κ1) is 15.8. The largest absolute Gasteiger partial charge is 0.465 e. The van der Waals surface area contributed by atoms with Gasteiger partial charge in [-0.05, 0) is 64.0 Å². The average molecular weight is 308 g/mol. The lowest BCUT2D eigenvalue weighted by Crippen LogP contribution is -2.54. The molecule has 22 heavy (non-hydrogen) atoms. The molecule has 0 radical (unpaired) electrons. The van der Waals surface area contributed by atoms with E-state index in [4.69, 9.17) is 5.11 Å². The smallest absolute Gasteiger partial charge is 0.414 e. The van der Waals surface area contributed by atoms with Crippen LogP contribution < -0.4 is 0 Å². The zero-order chi connectivity index (χ0) is 16.0. The maximum Gasteiger partial charge on any atom is 0.414 e. The van der Waals surface area contributed by atoms with Gasteiger partial charge in [0.2, 0.25) is 5.91 Å². The molecular weight excluding hydrogens is 280 g/mol. The van der Waals surface area contributed by atoms with Gasteiger partial charge < -0.3 is 10.0 Å². The summed E-state index contributed by atoms with van der Waals surface area (Å²) < 4.78 is 0. The van der Waals surface area contributed by atoms with E-state index < -0.39 is 6.09 Å². The standard InChI is InChI=1S/C17H28N2O3/c1-18(2)17(13-5-3-4-6-13)9-7-16(8-10-17)11-14(20)19(12-16)15(21)22/h13H,3-12H2,1-2H3,(H,21,22). The molecule has 2 aliphatic carbocycles. The molecule has 3 rings (SSSR count). The number of carbonyl (C=O) groups is 2. The van der Waals surface area contributed by atoms with E-state index in [0.29, 0.717) is 13.0 Å². The van der Waals surface area contributed by atoms with Gasteiger partial charge >= 0.3 is 6.09 Å². The van der Waals surface area contributed by atoms with Crippen LogP contribution >= 0.6 is 0 Å². The van der Waals surface area contributed by atoms with E-state index in [1.807, 2.05) is 0 Å². The highest BCUT2D eigenvalue weighted by Gasteiger charge is 2.53. The van der Waals surface area contributed by atoms with Gasteiger partial charge in [0, 0.05) is 18.5 Å². The van der Waals surface area contributed by atoms with Crippen molar-refractivity contribution in [3.63, 3.8) is 0 Å². The molecule has 124 valence electrons. The molecule has 0 atom stereocenters. The van der Waals surface area contributed by atoms with Crippen molar-refractivity contribution in [1.29, 1.82) is 0 Å². The maximum atomic E-state index is 12.0. The van der Waals surface area contributed by atoms with Crippen LogP contribution in [-0.4, -0.2) is 53.1 Å². The summed E-state index contributed by atoms with van der Waals surface area (Å²) in [5.74, 6) is 0.568. The molecule has 3 fully saturated rings. The first-order chi connectivity index (χ1) is 10.4. The van der Waals surface area contributed by atoms with Gasteiger partial charge in [-0.3, -0.25) is 4.79 Å².